The SMILES string of the molecule is CCCOc1ccccc1C=CC(=O)Nc1ccc(C(=O)OCC(C)C)cc1. The molecule has 2 aromatic carbocycles. The molecule has 1 N–H and O–H groups in total. The largest absolute Gasteiger partial charge is 0.493 e. The number of rotatable bonds is 9. The van der Waals surface area contributed by atoms with Crippen LogP contribution in [0.5, 0.6) is 5.75 Å². The van der Waals surface area contributed by atoms with Gasteiger partial charge < -0.3 is 14.8 Å². The van der Waals surface area contributed by atoms with E-state index in [2.05, 4.69) is 5.32 Å². The maximum Gasteiger partial charge on any atom is 0.338 e. The van der Waals surface area contributed by atoms with Gasteiger partial charge in [-0.05, 0) is 48.7 Å². The summed E-state index contributed by atoms with van der Waals surface area (Å²) in [6.45, 7) is 7.01. The third kappa shape index (κ3) is 6.91. The molecule has 5 heteroatoms. The van der Waals surface area contributed by atoms with Crippen LogP contribution in [0.1, 0.15) is 43.1 Å². The molecule has 0 heterocycles. The van der Waals surface area contributed by atoms with E-state index < -0.39 is 0 Å². The fourth-order valence-electron chi connectivity index (χ4n) is 2.33. The summed E-state index contributed by atoms with van der Waals surface area (Å²) in [5, 5.41) is 2.77. The number of nitrogens with one attached hydrogen (secondary N) is 1. The number of para-hydroxylation sites is 1. The first-order valence-corrected chi connectivity index (χ1v) is 9.47. The molecule has 148 valence electrons. The molecule has 28 heavy (non-hydrogen) atoms. The van der Waals surface area contributed by atoms with Crippen LogP contribution in [0.2, 0.25) is 0 Å². The molecule has 0 unspecified atom stereocenters. The number of hydrogen-bond acceptors (Lipinski definition) is 4. The lowest BCUT2D eigenvalue weighted by Crippen LogP contribution is -2.11. The van der Waals surface area contributed by atoms with Gasteiger partial charge in [0.25, 0.3) is 0 Å². The highest BCUT2D eigenvalue weighted by molar-refractivity contribution is 6.02. The van der Waals surface area contributed by atoms with Crippen molar-refractivity contribution in [3.63, 3.8) is 0 Å². The van der Waals surface area contributed by atoms with Gasteiger partial charge in [-0.2, -0.15) is 0 Å². The van der Waals surface area contributed by atoms with Crippen molar-refractivity contribution in [2.24, 2.45) is 5.92 Å². The minimum Gasteiger partial charge on any atom is -0.493 e. The molecule has 0 aliphatic carbocycles. The lowest BCUT2D eigenvalue weighted by atomic mass is 10.2. The van der Waals surface area contributed by atoms with Gasteiger partial charge in [0.2, 0.25) is 5.91 Å². The van der Waals surface area contributed by atoms with Gasteiger partial charge in [-0.3, -0.25) is 4.79 Å². The summed E-state index contributed by atoms with van der Waals surface area (Å²) in [5.74, 6) is 0.403. The highest BCUT2D eigenvalue weighted by atomic mass is 16.5. The summed E-state index contributed by atoms with van der Waals surface area (Å²) < 4.78 is 10.9. The van der Waals surface area contributed by atoms with Gasteiger partial charge in [0.1, 0.15) is 5.75 Å². The first kappa shape index (κ1) is 21.2. The Morgan fingerprint density at radius 2 is 1.79 bits per heavy atom. The number of carbonyl (C=O) groups excluding carboxylic acids is 2. The molecule has 0 atom stereocenters. The van der Waals surface area contributed by atoms with E-state index in [9.17, 15) is 9.59 Å². The third-order valence-electron chi connectivity index (χ3n) is 3.73. The zero-order valence-electron chi connectivity index (χ0n) is 16.6. The van der Waals surface area contributed by atoms with E-state index >= 15 is 0 Å². The second-order valence-electron chi connectivity index (χ2n) is 6.78. The fraction of sp³-hybridized carbons (Fsp3) is 0.304. The van der Waals surface area contributed by atoms with Gasteiger partial charge in [-0.1, -0.05) is 39.0 Å². The molecule has 0 saturated carbocycles. The van der Waals surface area contributed by atoms with Gasteiger partial charge in [-0.25, -0.2) is 4.79 Å². The van der Waals surface area contributed by atoms with Crippen LogP contribution in [0.3, 0.4) is 0 Å². The topological polar surface area (TPSA) is 64.6 Å². The predicted molar refractivity (Wildman–Crippen MR) is 111 cm³/mol. The van der Waals surface area contributed by atoms with E-state index in [-0.39, 0.29) is 17.8 Å². The molecule has 0 bridgehead atoms. The average Bonchev–Trinajstić information content (AvgIpc) is 2.70. The number of amides is 1. The first-order chi connectivity index (χ1) is 13.5. The molecule has 0 aliphatic rings. The van der Waals surface area contributed by atoms with Crippen molar-refractivity contribution in [1.82, 2.24) is 0 Å². The van der Waals surface area contributed by atoms with Crippen LogP contribution in [-0.2, 0) is 9.53 Å². The molecule has 0 aliphatic heterocycles. The number of carbonyl (C=O) groups is 2. The minimum atomic E-state index is -0.366. The Bertz CT molecular complexity index is 810. The molecule has 1 amide bonds. The van der Waals surface area contributed by atoms with E-state index in [1.54, 1.807) is 30.3 Å². The maximum absolute atomic E-state index is 12.2. The van der Waals surface area contributed by atoms with Gasteiger partial charge in [0.15, 0.2) is 0 Å². The zero-order valence-corrected chi connectivity index (χ0v) is 16.6. The molecule has 0 spiro atoms. The van der Waals surface area contributed by atoms with Gasteiger partial charge >= 0.3 is 5.97 Å². The molecule has 0 radical (unpaired) electrons. The fourth-order valence-corrected chi connectivity index (χ4v) is 2.33. The minimum absolute atomic E-state index is 0.263. The van der Waals surface area contributed by atoms with Crippen molar-refractivity contribution >= 4 is 23.6 Å². The van der Waals surface area contributed by atoms with Crippen molar-refractivity contribution in [2.45, 2.75) is 27.2 Å². The number of anilines is 1. The van der Waals surface area contributed by atoms with E-state index in [4.69, 9.17) is 9.47 Å². The lowest BCUT2D eigenvalue weighted by molar-refractivity contribution is -0.111. The quantitative estimate of drug-likeness (QED) is 0.493. The van der Waals surface area contributed by atoms with E-state index in [0.29, 0.717) is 24.5 Å². The summed E-state index contributed by atoms with van der Waals surface area (Å²) in [5.41, 5.74) is 1.90. The van der Waals surface area contributed by atoms with Crippen LogP contribution in [0.4, 0.5) is 5.69 Å². The number of hydrogen-bond donors (Lipinski definition) is 1. The summed E-state index contributed by atoms with van der Waals surface area (Å²) in [4.78, 5) is 24.1. The van der Waals surface area contributed by atoms with Crippen LogP contribution in [0.25, 0.3) is 6.08 Å². The molecule has 0 saturated heterocycles. The van der Waals surface area contributed by atoms with Crippen LogP contribution in [0.15, 0.2) is 54.6 Å². The van der Waals surface area contributed by atoms with Crippen molar-refractivity contribution in [1.29, 1.82) is 0 Å². The van der Waals surface area contributed by atoms with Crippen molar-refractivity contribution in [3.05, 3.63) is 65.7 Å². The van der Waals surface area contributed by atoms with Gasteiger partial charge in [0, 0.05) is 17.3 Å². The molecule has 0 aromatic heterocycles. The Labute approximate surface area is 166 Å². The van der Waals surface area contributed by atoms with Crippen LogP contribution in [-0.4, -0.2) is 25.1 Å². The summed E-state index contributed by atoms with van der Waals surface area (Å²) in [6.07, 6.45) is 4.09. The third-order valence-corrected chi connectivity index (χ3v) is 3.73. The Morgan fingerprint density at radius 1 is 1.07 bits per heavy atom. The molecule has 2 rings (SSSR count). The Balaban J connectivity index is 1.94. The van der Waals surface area contributed by atoms with Crippen LogP contribution < -0.4 is 10.1 Å². The highest BCUT2D eigenvalue weighted by Gasteiger charge is 2.08. The zero-order chi connectivity index (χ0) is 20.4. The Morgan fingerprint density at radius 3 is 2.46 bits per heavy atom. The standard InChI is InChI=1S/C23H27NO4/c1-4-15-27-21-8-6-5-7-18(21)11-14-22(25)24-20-12-9-19(10-13-20)23(26)28-16-17(2)3/h5-14,17H,4,15-16H2,1-3H3,(H,24,25). The van der Waals surface area contributed by atoms with Crippen molar-refractivity contribution < 1.29 is 19.1 Å². The highest BCUT2D eigenvalue weighted by Crippen LogP contribution is 2.20. The molecule has 5 nitrogen and oxygen atoms in total. The maximum atomic E-state index is 12.2. The normalized spacial score (nSPS) is 10.9. The predicted octanol–water partition coefficient (Wildman–Crippen LogP) is 4.94. The smallest absolute Gasteiger partial charge is 0.338 e. The number of esters is 1. The van der Waals surface area contributed by atoms with Gasteiger partial charge in [-0.15, -0.1) is 0 Å². The number of ether oxygens (including phenoxy) is 2. The molecular weight excluding hydrogens is 354 g/mol. The van der Waals surface area contributed by atoms with Crippen LogP contribution >= 0.6 is 0 Å². The Hall–Kier alpha value is -3.08. The monoisotopic (exact) mass is 381 g/mol. The number of benzene rings is 2. The average molecular weight is 381 g/mol. The summed E-state index contributed by atoms with van der Waals surface area (Å²) >= 11 is 0. The van der Waals surface area contributed by atoms with E-state index in [1.165, 1.54) is 6.08 Å². The second-order valence-corrected chi connectivity index (χ2v) is 6.78. The lowest BCUT2D eigenvalue weighted by Gasteiger charge is -2.08. The summed E-state index contributed by atoms with van der Waals surface area (Å²) in [6, 6.07) is 14.2. The molecular formula is C23H27NO4. The van der Waals surface area contributed by atoms with Crippen LogP contribution in [0, 0.1) is 5.92 Å². The molecule has 0 fully saturated rings. The van der Waals surface area contributed by atoms with E-state index in [1.807, 2.05) is 45.0 Å². The second kappa shape index (κ2) is 10.9. The van der Waals surface area contributed by atoms with E-state index in [0.717, 1.165) is 17.7 Å². The van der Waals surface area contributed by atoms with Crippen molar-refractivity contribution in [2.75, 3.05) is 18.5 Å². The first-order valence-electron chi connectivity index (χ1n) is 9.47. The van der Waals surface area contributed by atoms with Crippen molar-refractivity contribution in [3.8, 4) is 5.75 Å². The Kier molecular flexibility index (Phi) is 8.28. The summed E-state index contributed by atoms with van der Waals surface area (Å²) in [7, 11) is 0. The van der Waals surface area contributed by atoms with Gasteiger partial charge in [0.05, 0.1) is 18.8 Å². The molecule has 2 aromatic rings.